The fraction of sp³-hybridized carbons (Fsp3) is 0.323. The number of carbonyl (C=O) groups excluding carboxylic acids is 1. The van der Waals surface area contributed by atoms with Gasteiger partial charge in [0.1, 0.15) is 18.1 Å². The van der Waals surface area contributed by atoms with E-state index in [1.165, 1.54) is 10.1 Å². The number of nitrogens with one attached hydrogen (secondary N) is 1. The largest absolute Gasteiger partial charge is 0.497 e. The molecule has 0 aliphatic rings. The lowest BCUT2D eigenvalue weighted by molar-refractivity contribution is -0.122. The summed E-state index contributed by atoms with van der Waals surface area (Å²) < 4.78 is 6.84. The van der Waals surface area contributed by atoms with Crippen molar-refractivity contribution in [2.24, 2.45) is 0 Å². The molecule has 198 valence electrons. The van der Waals surface area contributed by atoms with Crippen LogP contribution in [0.4, 0.5) is 0 Å². The third kappa shape index (κ3) is 6.11. The summed E-state index contributed by atoms with van der Waals surface area (Å²) in [5.41, 5.74) is 4.22. The molecule has 38 heavy (non-hydrogen) atoms. The van der Waals surface area contributed by atoms with Gasteiger partial charge in [-0.3, -0.25) is 19.1 Å². The molecule has 1 N–H and O–H groups in total. The van der Waals surface area contributed by atoms with Gasteiger partial charge in [0.2, 0.25) is 5.91 Å². The summed E-state index contributed by atoms with van der Waals surface area (Å²) >= 11 is 0. The molecule has 0 aliphatic carbocycles. The molecule has 0 unspecified atom stereocenters. The van der Waals surface area contributed by atoms with E-state index in [4.69, 9.17) is 9.72 Å². The average molecular weight is 513 g/mol. The van der Waals surface area contributed by atoms with E-state index in [1.54, 1.807) is 7.11 Å². The zero-order chi connectivity index (χ0) is 27.2. The van der Waals surface area contributed by atoms with Crippen LogP contribution in [0.5, 0.6) is 5.75 Å². The Hall–Kier alpha value is -3.97. The lowest BCUT2D eigenvalue weighted by Crippen LogP contribution is -2.37. The number of ether oxygens (including phenoxy) is 1. The zero-order valence-corrected chi connectivity index (χ0v) is 22.8. The molecule has 0 radical (unpaired) electrons. The predicted octanol–water partition coefficient (Wildman–Crippen LogP) is 5.11. The summed E-state index contributed by atoms with van der Waals surface area (Å²) in [5.74, 6) is 0.830. The fourth-order valence-electron chi connectivity index (χ4n) is 4.60. The minimum Gasteiger partial charge on any atom is -0.497 e. The van der Waals surface area contributed by atoms with Crippen molar-refractivity contribution >= 4 is 16.8 Å². The molecule has 0 fully saturated rings. The van der Waals surface area contributed by atoms with Gasteiger partial charge in [-0.25, -0.2) is 4.98 Å². The second-order valence-corrected chi connectivity index (χ2v) is 9.67. The molecule has 0 spiro atoms. The van der Waals surface area contributed by atoms with Crippen molar-refractivity contribution in [2.75, 3.05) is 20.2 Å². The summed E-state index contributed by atoms with van der Waals surface area (Å²) in [6, 6.07) is 21.5. The van der Waals surface area contributed by atoms with Gasteiger partial charge in [0.05, 0.1) is 18.0 Å². The van der Waals surface area contributed by atoms with Gasteiger partial charge in [0.15, 0.2) is 0 Å². The number of hydrogen-bond donors (Lipinski definition) is 1. The van der Waals surface area contributed by atoms with E-state index >= 15 is 0 Å². The summed E-state index contributed by atoms with van der Waals surface area (Å²) in [4.78, 5) is 33.8. The standard InChI is InChI=1S/C31H36N4O3/c1-6-34(7-2)19-22-10-8-11-23(16-22)24-14-15-28-27(18-24)31(37)35(20-29(36)32-21(3)4)30(33-28)25-12-9-13-26(17-25)38-5/h8-18,21H,6-7,19-20H2,1-5H3,(H,32,36). The Bertz CT molecular complexity index is 1490. The van der Waals surface area contributed by atoms with Crippen LogP contribution in [0.2, 0.25) is 0 Å². The van der Waals surface area contributed by atoms with Crippen LogP contribution in [-0.2, 0) is 17.9 Å². The number of carbonyl (C=O) groups is 1. The molecule has 3 aromatic carbocycles. The molecule has 0 atom stereocenters. The predicted molar refractivity (Wildman–Crippen MR) is 153 cm³/mol. The first-order valence-electron chi connectivity index (χ1n) is 13.1. The van der Waals surface area contributed by atoms with Crippen LogP contribution in [0.3, 0.4) is 0 Å². The van der Waals surface area contributed by atoms with Crippen molar-refractivity contribution in [1.82, 2.24) is 19.8 Å². The van der Waals surface area contributed by atoms with Crippen molar-refractivity contribution in [3.8, 4) is 28.3 Å². The summed E-state index contributed by atoms with van der Waals surface area (Å²) in [5, 5.41) is 3.35. The number of amides is 1. The highest BCUT2D eigenvalue weighted by Crippen LogP contribution is 2.27. The van der Waals surface area contributed by atoms with Crippen molar-refractivity contribution in [3.05, 3.63) is 82.6 Å². The Morgan fingerprint density at radius 3 is 2.39 bits per heavy atom. The minimum atomic E-state index is -0.257. The van der Waals surface area contributed by atoms with Crippen molar-refractivity contribution in [1.29, 1.82) is 0 Å². The fourth-order valence-corrected chi connectivity index (χ4v) is 4.60. The van der Waals surface area contributed by atoms with E-state index in [2.05, 4.69) is 48.3 Å². The maximum Gasteiger partial charge on any atom is 0.262 e. The lowest BCUT2D eigenvalue weighted by Gasteiger charge is -2.18. The molecule has 7 heteroatoms. The van der Waals surface area contributed by atoms with E-state index in [9.17, 15) is 9.59 Å². The van der Waals surface area contributed by atoms with Crippen LogP contribution < -0.4 is 15.6 Å². The van der Waals surface area contributed by atoms with Crippen molar-refractivity contribution in [3.63, 3.8) is 0 Å². The Morgan fingerprint density at radius 1 is 0.974 bits per heavy atom. The quantitative estimate of drug-likeness (QED) is 0.320. The summed E-state index contributed by atoms with van der Waals surface area (Å²) in [6.07, 6.45) is 0. The molecule has 0 aliphatic heterocycles. The SMILES string of the molecule is CCN(CC)Cc1cccc(-c2ccc3nc(-c4cccc(OC)c4)n(CC(=O)NC(C)C)c(=O)c3c2)c1. The number of rotatable bonds is 10. The van der Waals surface area contributed by atoms with Crippen molar-refractivity contribution in [2.45, 2.75) is 46.8 Å². The van der Waals surface area contributed by atoms with Gasteiger partial charge in [0.25, 0.3) is 5.56 Å². The molecule has 4 aromatic rings. The second kappa shape index (κ2) is 12.0. The molecule has 7 nitrogen and oxygen atoms in total. The highest BCUT2D eigenvalue weighted by atomic mass is 16.5. The molecular weight excluding hydrogens is 476 g/mol. The first kappa shape index (κ1) is 27.1. The smallest absolute Gasteiger partial charge is 0.262 e. The number of nitrogens with zero attached hydrogens (tertiary/aromatic N) is 3. The zero-order valence-electron chi connectivity index (χ0n) is 22.8. The monoisotopic (exact) mass is 512 g/mol. The summed E-state index contributed by atoms with van der Waals surface area (Å²) in [7, 11) is 1.59. The van der Waals surface area contributed by atoms with Crippen LogP contribution in [0.1, 0.15) is 33.3 Å². The van der Waals surface area contributed by atoms with Gasteiger partial charge >= 0.3 is 0 Å². The third-order valence-corrected chi connectivity index (χ3v) is 6.59. The van der Waals surface area contributed by atoms with Gasteiger partial charge in [-0.1, -0.05) is 50.2 Å². The molecule has 1 heterocycles. The van der Waals surface area contributed by atoms with E-state index in [-0.39, 0.29) is 24.1 Å². The lowest BCUT2D eigenvalue weighted by atomic mass is 10.0. The van der Waals surface area contributed by atoms with Gasteiger partial charge in [-0.05, 0) is 74.0 Å². The number of hydrogen-bond acceptors (Lipinski definition) is 5. The normalized spacial score (nSPS) is 11.3. The van der Waals surface area contributed by atoms with Gasteiger partial charge in [-0.2, -0.15) is 0 Å². The molecule has 0 bridgehead atoms. The van der Waals surface area contributed by atoms with E-state index in [1.807, 2.05) is 56.3 Å². The van der Waals surface area contributed by atoms with E-state index in [0.717, 1.165) is 30.8 Å². The third-order valence-electron chi connectivity index (χ3n) is 6.59. The van der Waals surface area contributed by atoms with E-state index in [0.29, 0.717) is 28.0 Å². The van der Waals surface area contributed by atoms with Crippen LogP contribution in [-0.4, -0.2) is 46.6 Å². The number of methoxy groups -OCH3 is 1. The van der Waals surface area contributed by atoms with Crippen LogP contribution in [0.25, 0.3) is 33.4 Å². The number of fused-ring (bicyclic) bond motifs is 1. The average Bonchev–Trinajstić information content (AvgIpc) is 2.92. The van der Waals surface area contributed by atoms with Gasteiger partial charge < -0.3 is 10.1 Å². The molecular formula is C31H36N4O3. The maximum absolute atomic E-state index is 13.9. The van der Waals surface area contributed by atoms with Crippen molar-refractivity contribution < 1.29 is 9.53 Å². The Morgan fingerprint density at radius 2 is 1.68 bits per heavy atom. The topological polar surface area (TPSA) is 76.5 Å². The Balaban J connectivity index is 1.83. The maximum atomic E-state index is 13.9. The molecule has 0 saturated heterocycles. The Labute approximate surface area is 224 Å². The highest BCUT2D eigenvalue weighted by Gasteiger charge is 2.17. The highest BCUT2D eigenvalue weighted by molar-refractivity contribution is 5.86. The molecule has 4 rings (SSSR count). The number of benzene rings is 3. The van der Waals surface area contributed by atoms with Crippen LogP contribution in [0, 0.1) is 0 Å². The molecule has 1 amide bonds. The van der Waals surface area contributed by atoms with Gasteiger partial charge in [-0.15, -0.1) is 0 Å². The Kier molecular flexibility index (Phi) is 8.59. The van der Waals surface area contributed by atoms with Crippen LogP contribution >= 0.6 is 0 Å². The first-order chi connectivity index (χ1) is 18.3. The van der Waals surface area contributed by atoms with Gasteiger partial charge in [0, 0.05) is 18.2 Å². The molecule has 0 saturated carbocycles. The van der Waals surface area contributed by atoms with E-state index < -0.39 is 0 Å². The van der Waals surface area contributed by atoms with Crippen LogP contribution in [0.15, 0.2) is 71.5 Å². The minimum absolute atomic E-state index is 0.0397. The molecule has 1 aromatic heterocycles. The first-order valence-corrected chi connectivity index (χ1v) is 13.1. The summed E-state index contributed by atoms with van der Waals surface area (Å²) in [6.45, 7) is 10.8. The number of aromatic nitrogens is 2. The second-order valence-electron chi connectivity index (χ2n) is 9.67.